The molecule has 8 heteroatoms. The Morgan fingerprint density at radius 2 is 1.62 bits per heavy atom. The van der Waals surface area contributed by atoms with E-state index < -0.39 is 10.0 Å². The number of unbranched alkanes of at least 4 members (excludes halogenated alkanes) is 3. The monoisotopic (exact) mass is 420 g/mol. The third-order valence-corrected chi connectivity index (χ3v) is 5.87. The molecule has 0 atom stereocenters. The van der Waals surface area contributed by atoms with Gasteiger partial charge in [-0.05, 0) is 48.9 Å². The molecule has 0 spiro atoms. The number of methoxy groups -OCH3 is 2. The Morgan fingerprint density at radius 1 is 0.931 bits per heavy atom. The molecule has 0 aromatic heterocycles. The smallest absolute Gasteiger partial charge is 0.255 e. The Morgan fingerprint density at radius 3 is 2.24 bits per heavy atom. The number of carbonyl (C=O) groups is 1. The number of anilines is 1. The van der Waals surface area contributed by atoms with E-state index in [-0.39, 0.29) is 10.8 Å². The molecule has 0 saturated heterocycles. The van der Waals surface area contributed by atoms with Crippen LogP contribution in [0.2, 0.25) is 0 Å². The van der Waals surface area contributed by atoms with E-state index in [0.29, 0.717) is 29.3 Å². The van der Waals surface area contributed by atoms with Crippen LogP contribution in [0.15, 0.2) is 47.4 Å². The van der Waals surface area contributed by atoms with Crippen LogP contribution in [0.5, 0.6) is 11.5 Å². The number of rotatable bonds is 11. The van der Waals surface area contributed by atoms with Crippen LogP contribution in [0.3, 0.4) is 0 Å². The first kappa shape index (κ1) is 22.7. The van der Waals surface area contributed by atoms with E-state index in [4.69, 9.17) is 9.47 Å². The van der Waals surface area contributed by atoms with Crippen LogP contribution in [0.1, 0.15) is 43.0 Å². The lowest BCUT2D eigenvalue weighted by molar-refractivity contribution is 0.102. The van der Waals surface area contributed by atoms with Gasteiger partial charge in [-0.3, -0.25) is 4.79 Å². The van der Waals surface area contributed by atoms with Crippen LogP contribution in [0.25, 0.3) is 0 Å². The van der Waals surface area contributed by atoms with E-state index in [0.717, 1.165) is 25.7 Å². The molecule has 0 radical (unpaired) electrons. The number of hydrogen-bond donors (Lipinski definition) is 2. The molecule has 1 amide bonds. The SMILES string of the molecule is CCCCCCNS(=O)(=O)c1ccc(NC(=O)c2ccc(OC)c(OC)c2)cc1. The number of carbonyl (C=O) groups excluding carboxylic acids is 1. The fourth-order valence-electron chi connectivity index (χ4n) is 2.74. The summed E-state index contributed by atoms with van der Waals surface area (Å²) in [5.41, 5.74) is 0.889. The molecule has 2 aromatic rings. The Bertz CT molecular complexity index is 911. The summed E-state index contributed by atoms with van der Waals surface area (Å²) in [5.74, 6) is 0.642. The average molecular weight is 421 g/mol. The quantitative estimate of drug-likeness (QED) is 0.539. The fourth-order valence-corrected chi connectivity index (χ4v) is 3.81. The van der Waals surface area contributed by atoms with E-state index in [1.165, 1.54) is 26.4 Å². The Kier molecular flexibility index (Phi) is 8.48. The summed E-state index contributed by atoms with van der Waals surface area (Å²) in [6, 6.07) is 10.9. The van der Waals surface area contributed by atoms with Crippen molar-refractivity contribution >= 4 is 21.6 Å². The fraction of sp³-hybridized carbons (Fsp3) is 0.381. The van der Waals surface area contributed by atoms with E-state index in [1.807, 2.05) is 0 Å². The molecule has 0 fully saturated rings. The summed E-state index contributed by atoms with van der Waals surface area (Å²) < 4.78 is 37.6. The topological polar surface area (TPSA) is 93.7 Å². The lowest BCUT2D eigenvalue weighted by atomic mass is 10.2. The molecule has 158 valence electrons. The minimum Gasteiger partial charge on any atom is -0.493 e. The number of sulfonamides is 1. The molecule has 0 aliphatic carbocycles. The number of amides is 1. The number of hydrogen-bond acceptors (Lipinski definition) is 5. The van der Waals surface area contributed by atoms with Gasteiger partial charge in [0.05, 0.1) is 19.1 Å². The number of benzene rings is 2. The van der Waals surface area contributed by atoms with Gasteiger partial charge in [-0.25, -0.2) is 13.1 Å². The van der Waals surface area contributed by atoms with Gasteiger partial charge >= 0.3 is 0 Å². The molecule has 0 aliphatic rings. The van der Waals surface area contributed by atoms with Crippen molar-refractivity contribution in [2.45, 2.75) is 37.5 Å². The van der Waals surface area contributed by atoms with Crippen molar-refractivity contribution in [3.8, 4) is 11.5 Å². The van der Waals surface area contributed by atoms with Gasteiger partial charge < -0.3 is 14.8 Å². The van der Waals surface area contributed by atoms with Crippen molar-refractivity contribution in [3.63, 3.8) is 0 Å². The third-order valence-electron chi connectivity index (χ3n) is 4.39. The summed E-state index contributed by atoms with van der Waals surface area (Å²) in [5, 5.41) is 2.74. The van der Waals surface area contributed by atoms with Crippen molar-refractivity contribution in [1.29, 1.82) is 0 Å². The highest BCUT2D eigenvalue weighted by Gasteiger charge is 2.14. The zero-order valence-electron chi connectivity index (χ0n) is 17.0. The van der Waals surface area contributed by atoms with Gasteiger partial charge in [0.25, 0.3) is 5.91 Å². The van der Waals surface area contributed by atoms with Crippen LogP contribution in [0.4, 0.5) is 5.69 Å². The van der Waals surface area contributed by atoms with E-state index in [1.54, 1.807) is 30.3 Å². The van der Waals surface area contributed by atoms with Crippen LogP contribution in [-0.4, -0.2) is 35.1 Å². The van der Waals surface area contributed by atoms with Crippen molar-refractivity contribution in [2.75, 3.05) is 26.1 Å². The van der Waals surface area contributed by atoms with Crippen molar-refractivity contribution in [1.82, 2.24) is 4.72 Å². The summed E-state index contributed by atoms with van der Waals surface area (Å²) in [6.07, 6.45) is 4.01. The lowest BCUT2D eigenvalue weighted by Gasteiger charge is -2.11. The van der Waals surface area contributed by atoms with Gasteiger partial charge in [0.1, 0.15) is 0 Å². The average Bonchev–Trinajstić information content (AvgIpc) is 2.73. The third kappa shape index (κ3) is 6.47. The van der Waals surface area contributed by atoms with Crippen LogP contribution in [0, 0.1) is 0 Å². The second-order valence-electron chi connectivity index (χ2n) is 6.51. The van der Waals surface area contributed by atoms with Gasteiger partial charge in [0.15, 0.2) is 11.5 Å². The molecular weight excluding hydrogens is 392 g/mol. The van der Waals surface area contributed by atoms with Gasteiger partial charge in [-0.15, -0.1) is 0 Å². The number of nitrogens with one attached hydrogen (secondary N) is 2. The second-order valence-corrected chi connectivity index (χ2v) is 8.27. The molecule has 7 nitrogen and oxygen atoms in total. The highest BCUT2D eigenvalue weighted by Crippen LogP contribution is 2.28. The molecule has 0 unspecified atom stereocenters. The largest absolute Gasteiger partial charge is 0.493 e. The predicted molar refractivity (Wildman–Crippen MR) is 113 cm³/mol. The number of ether oxygens (including phenoxy) is 2. The summed E-state index contributed by atoms with van der Waals surface area (Å²) >= 11 is 0. The maximum atomic E-state index is 12.5. The molecule has 0 aliphatic heterocycles. The normalized spacial score (nSPS) is 11.1. The Hall–Kier alpha value is -2.58. The molecule has 0 heterocycles. The lowest BCUT2D eigenvalue weighted by Crippen LogP contribution is -2.24. The molecule has 2 N–H and O–H groups in total. The van der Waals surface area contributed by atoms with Gasteiger partial charge in [0.2, 0.25) is 10.0 Å². The van der Waals surface area contributed by atoms with Gasteiger partial charge in [0, 0.05) is 17.8 Å². The summed E-state index contributed by atoms with van der Waals surface area (Å²) in [7, 11) is -0.537. The molecule has 29 heavy (non-hydrogen) atoms. The van der Waals surface area contributed by atoms with Crippen LogP contribution >= 0.6 is 0 Å². The van der Waals surface area contributed by atoms with E-state index >= 15 is 0 Å². The van der Waals surface area contributed by atoms with Gasteiger partial charge in [-0.2, -0.15) is 0 Å². The van der Waals surface area contributed by atoms with Crippen molar-refractivity contribution in [3.05, 3.63) is 48.0 Å². The minimum atomic E-state index is -3.55. The molecule has 2 rings (SSSR count). The highest BCUT2D eigenvalue weighted by molar-refractivity contribution is 7.89. The predicted octanol–water partition coefficient (Wildman–Crippen LogP) is 3.81. The standard InChI is InChI=1S/C21H28N2O5S/c1-4-5-6-7-14-22-29(25,26)18-11-9-17(10-12-18)23-21(24)16-8-13-19(27-2)20(15-16)28-3/h8-13,15,22H,4-7,14H2,1-3H3,(H,23,24). The first-order valence-corrected chi connectivity index (χ1v) is 11.0. The van der Waals surface area contributed by atoms with E-state index in [2.05, 4.69) is 17.0 Å². The van der Waals surface area contributed by atoms with Crippen LogP contribution in [-0.2, 0) is 10.0 Å². The zero-order valence-corrected chi connectivity index (χ0v) is 17.8. The van der Waals surface area contributed by atoms with Crippen LogP contribution < -0.4 is 19.5 Å². The van der Waals surface area contributed by atoms with Crippen molar-refractivity contribution in [2.24, 2.45) is 0 Å². The zero-order chi connectivity index (χ0) is 21.3. The van der Waals surface area contributed by atoms with Gasteiger partial charge in [-0.1, -0.05) is 26.2 Å². The maximum Gasteiger partial charge on any atom is 0.255 e. The highest BCUT2D eigenvalue weighted by atomic mass is 32.2. The molecule has 0 bridgehead atoms. The Labute approximate surface area is 172 Å². The summed E-state index contributed by atoms with van der Waals surface area (Å²) in [6.45, 7) is 2.52. The maximum absolute atomic E-state index is 12.5. The molecule has 2 aromatic carbocycles. The Balaban J connectivity index is 2.00. The first-order chi connectivity index (χ1) is 13.9. The molecule has 0 saturated carbocycles. The van der Waals surface area contributed by atoms with E-state index in [9.17, 15) is 13.2 Å². The molecular formula is C21H28N2O5S. The minimum absolute atomic E-state index is 0.164. The first-order valence-electron chi connectivity index (χ1n) is 9.54. The van der Waals surface area contributed by atoms with Crippen molar-refractivity contribution < 1.29 is 22.7 Å². The summed E-state index contributed by atoms with van der Waals surface area (Å²) in [4.78, 5) is 12.6. The second kappa shape index (κ2) is 10.8.